The van der Waals surface area contributed by atoms with Crippen molar-refractivity contribution in [1.29, 1.82) is 0 Å². The Labute approximate surface area is 106 Å². The molecule has 0 amide bonds. The lowest BCUT2D eigenvalue weighted by atomic mass is 9.98. The zero-order valence-electron chi connectivity index (χ0n) is 10.5. The predicted molar refractivity (Wildman–Crippen MR) is 71.3 cm³/mol. The Balaban J connectivity index is 2.60. The molecule has 0 unspecified atom stereocenters. The van der Waals surface area contributed by atoms with Gasteiger partial charge in [-0.25, -0.2) is 4.98 Å². The van der Waals surface area contributed by atoms with Gasteiger partial charge in [0.05, 0.1) is 11.9 Å². The Morgan fingerprint density at radius 2 is 1.71 bits per heavy atom. The van der Waals surface area contributed by atoms with E-state index in [9.17, 15) is 0 Å². The lowest BCUT2D eigenvalue weighted by molar-refractivity contribution is 0.845. The molecule has 3 nitrogen and oxygen atoms in total. The van der Waals surface area contributed by atoms with Crippen molar-refractivity contribution >= 4 is 11.8 Å². The second-order valence-corrected chi connectivity index (χ2v) is 4.88. The van der Waals surface area contributed by atoms with Gasteiger partial charge in [-0.2, -0.15) is 5.10 Å². The molecule has 0 saturated carbocycles. The number of thioether (sulfide) groups is 1. The van der Waals surface area contributed by atoms with Crippen molar-refractivity contribution in [2.75, 3.05) is 6.26 Å². The number of aromatic nitrogens is 3. The van der Waals surface area contributed by atoms with Crippen molar-refractivity contribution in [1.82, 2.24) is 15.2 Å². The van der Waals surface area contributed by atoms with Gasteiger partial charge in [-0.15, -0.1) is 5.10 Å². The number of aryl methyl sites for hydroxylation is 3. The second kappa shape index (κ2) is 4.84. The van der Waals surface area contributed by atoms with Gasteiger partial charge in [0.15, 0.2) is 0 Å². The van der Waals surface area contributed by atoms with E-state index in [-0.39, 0.29) is 0 Å². The topological polar surface area (TPSA) is 38.7 Å². The highest BCUT2D eigenvalue weighted by atomic mass is 32.2. The van der Waals surface area contributed by atoms with Gasteiger partial charge >= 0.3 is 0 Å². The highest BCUT2D eigenvalue weighted by Gasteiger charge is 2.09. The van der Waals surface area contributed by atoms with E-state index in [2.05, 4.69) is 48.1 Å². The van der Waals surface area contributed by atoms with E-state index >= 15 is 0 Å². The molecule has 0 fully saturated rings. The van der Waals surface area contributed by atoms with E-state index in [1.54, 1.807) is 6.20 Å². The fourth-order valence-electron chi connectivity index (χ4n) is 2.08. The maximum absolute atomic E-state index is 4.50. The van der Waals surface area contributed by atoms with Crippen molar-refractivity contribution in [2.24, 2.45) is 0 Å². The molecule has 4 heteroatoms. The average molecular weight is 245 g/mol. The molecule has 0 spiro atoms. The van der Waals surface area contributed by atoms with Crippen LogP contribution in [0, 0.1) is 20.8 Å². The summed E-state index contributed by atoms with van der Waals surface area (Å²) in [6.07, 6.45) is 3.68. The summed E-state index contributed by atoms with van der Waals surface area (Å²) >= 11 is 1.51. The molecule has 0 radical (unpaired) electrons. The Morgan fingerprint density at radius 3 is 2.29 bits per heavy atom. The second-order valence-electron chi connectivity index (χ2n) is 4.10. The van der Waals surface area contributed by atoms with Gasteiger partial charge in [0.2, 0.25) is 5.16 Å². The Kier molecular flexibility index (Phi) is 3.43. The van der Waals surface area contributed by atoms with Crippen LogP contribution in [-0.2, 0) is 0 Å². The van der Waals surface area contributed by atoms with Crippen LogP contribution < -0.4 is 0 Å². The minimum Gasteiger partial charge on any atom is -0.219 e. The van der Waals surface area contributed by atoms with Gasteiger partial charge in [0.1, 0.15) is 0 Å². The third-order valence-corrected chi connectivity index (χ3v) is 3.19. The molecule has 0 N–H and O–H groups in total. The normalized spacial score (nSPS) is 10.6. The van der Waals surface area contributed by atoms with Crippen molar-refractivity contribution < 1.29 is 0 Å². The van der Waals surface area contributed by atoms with E-state index in [1.165, 1.54) is 34.0 Å². The number of hydrogen-bond acceptors (Lipinski definition) is 4. The summed E-state index contributed by atoms with van der Waals surface area (Å²) in [5.41, 5.74) is 5.81. The first-order valence-electron chi connectivity index (χ1n) is 5.43. The molecule has 0 bridgehead atoms. The van der Waals surface area contributed by atoms with Crippen molar-refractivity contribution in [3.8, 4) is 11.3 Å². The van der Waals surface area contributed by atoms with Crippen LogP contribution in [0.3, 0.4) is 0 Å². The molecule has 0 saturated heterocycles. The van der Waals surface area contributed by atoms with Crippen LogP contribution in [0.4, 0.5) is 0 Å². The number of rotatable bonds is 2. The Morgan fingerprint density at radius 1 is 1.06 bits per heavy atom. The van der Waals surface area contributed by atoms with E-state index in [4.69, 9.17) is 0 Å². The smallest absolute Gasteiger partial charge is 0.209 e. The van der Waals surface area contributed by atoms with Crippen LogP contribution in [0.1, 0.15) is 16.7 Å². The molecule has 0 aliphatic heterocycles. The quantitative estimate of drug-likeness (QED) is 0.762. The molecule has 2 aromatic rings. The largest absolute Gasteiger partial charge is 0.219 e. The summed E-state index contributed by atoms with van der Waals surface area (Å²) in [7, 11) is 0. The van der Waals surface area contributed by atoms with Crippen molar-refractivity contribution in [3.05, 3.63) is 35.0 Å². The minimum absolute atomic E-state index is 0.710. The maximum Gasteiger partial charge on any atom is 0.209 e. The van der Waals surface area contributed by atoms with Gasteiger partial charge in [0.25, 0.3) is 0 Å². The third kappa shape index (κ3) is 2.47. The maximum atomic E-state index is 4.50. The van der Waals surface area contributed by atoms with Crippen LogP contribution in [-0.4, -0.2) is 21.4 Å². The molecule has 0 aliphatic carbocycles. The lowest BCUT2D eigenvalue weighted by Gasteiger charge is -2.10. The van der Waals surface area contributed by atoms with Crippen molar-refractivity contribution in [3.63, 3.8) is 0 Å². The summed E-state index contributed by atoms with van der Waals surface area (Å²) < 4.78 is 0. The van der Waals surface area contributed by atoms with Gasteiger partial charge in [-0.05, 0) is 38.2 Å². The van der Waals surface area contributed by atoms with E-state index in [1.807, 2.05) is 6.26 Å². The van der Waals surface area contributed by atoms with Crippen molar-refractivity contribution in [2.45, 2.75) is 25.9 Å². The third-order valence-electron chi connectivity index (χ3n) is 2.66. The first kappa shape index (κ1) is 12.0. The van der Waals surface area contributed by atoms with Crippen LogP contribution in [0.25, 0.3) is 11.3 Å². The molecule has 1 heterocycles. The molecule has 0 atom stereocenters. The molecule has 17 heavy (non-hydrogen) atoms. The molecule has 0 aliphatic rings. The molecule has 1 aromatic heterocycles. The van der Waals surface area contributed by atoms with E-state index in [0.717, 1.165) is 5.69 Å². The van der Waals surface area contributed by atoms with Gasteiger partial charge < -0.3 is 0 Å². The van der Waals surface area contributed by atoms with Crippen LogP contribution in [0.2, 0.25) is 0 Å². The Bertz CT molecular complexity index is 529. The average Bonchev–Trinajstić information content (AvgIpc) is 2.28. The number of nitrogens with zero attached hydrogens (tertiary/aromatic N) is 3. The number of benzene rings is 1. The van der Waals surface area contributed by atoms with E-state index in [0.29, 0.717) is 5.16 Å². The number of hydrogen-bond donors (Lipinski definition) is 0. The molecule has 88 valence electrons. The summed E-state index contributed by atoms with van der Waals surface area (Å²) in [6.45, 7) is 6.32. The van der Waals surface area contributed by atoms with Crippen LogP contribution in [0.15, 0.2) is 23.5 Å². The summed E-state index contributed by atoms with van der Waals surface area (Å²) in [6, 6.07) is 4.34. The van der Waals surface area contributed by atoms with Crippen LogP contribution in [0.5, 0.6) is 0 Å². The van der Waals surface area contributed by atoms with E-state index < -0.39 is 0 Å². The van der Waals surface area contributed by atoms with Gasteiger partial charge in [-0.3, -0.25) is 0 Å². The lowest BCUT2D eigenvalue weighted by Crippen LogP contribution is -1.96. The fourth-order valence-corrected chi connectivity index (χ4v) is 2.40. The van der Waals surface area contributed by atoms with Gasteiger partial charge in [-0.1, -0.05) is 29.5 Å². The molecular weight excluding hydrogens is 230 g/mol. The summed E-state index contributed by atoms with van der Waals surface area (Å²) in [4.78, 5) is 4.50. The first-order valence-corrected chi connectivity index (χ1v) is 6.66. The zero-order chi connectivity index (χ0) is 12.4. The highest BCUT2D eigenvalue weighted by Crippen LogP contribution is 2.26. The SMILES string of the molecule is CSc1nncc(-c2c(C)cc(C)cc2C)n1. The standard InChI is InChI=1S/C13H15N3S/c1-8-5-9(2)12(10(3)6-8)11-7-14-16-13(15-11)17-4/h5-7H,1-4H3. The summed E-state index contributed by atoms with van der Waals surface area (Å²) in [5.74, 6) is 0. The Hall–Kier alpha value is -1.42. The monoisotopic (exact) mass is 245 g/mol. The molecular formula is C13H15N3S. The fraction of sp³-hybridized carbons (Fsp3) is 0.308. The first-order chi connectivity index (χ1) is 8.11. The minimum atomic E-state index is 0.710. The predicted octanol–water partition coefficient (Wildman–Crippen LogP) is 3.19. The van der Waals surface area contributed by atoms with Crippen LogP contribution >= 0.6 is 11.8 Å². The van der Waals surface area contributed by atoms with Gasteiger partial charge in [0, 0.05) is 5.56 Å². The zero-order valence-corrected chi connectivity index (χ0v) is 11.3. The molecule has 1 aromatic carbocycles. The molecule has 2 rings (SSSR count). The highest BCUT2D eigenvalue weighted by molar-refractivity contribution is 7.98. The summed E-state index contributed by atoms with van der Waals surface area (Å²) in [5, 5.41) is 8.68.